The minimum Gasteiger partial charge on any atom is -0.379 e. The lowest BCUT2D eigenvalue weighted by molar-refractivity contribution is -0.00839. The van der Waals surface area contributed by atoms with Crippen molar-refractivity contribution >= 4 is 29.9 Å². The Kier molecular flexibility index (Phi) is 8.19. The van der Waals surface area contributed by atoms with E-state index in [-0.39, 0.29) is 29.5 Å². The normalized spacial score (nSPS) is 30.7. The maximum absolute atomic E-state index is 5.46. The van der Waals surface area contributed by atoms with Crippen molar-refractivity contribution in [2.24, 2.45) is 4.99 Å². The highest BCUT2D eigenvalue weighted by molar-refractivity contribution is 14.0. The van der Waals surface area contributed by atoms with E-state index in [2.05, 4.69) is 44.2 Å². The fraction of sp³-hybridized carbons (Fsp3) is 0.941. The minimum absolute atomic E-state index is 0. The van der Waals surface area contributed by atoms with Crippen LogP contribution in [0.5, 0.6) is 0 Å². The van der Waals surface area contributed by atoms with Crippen LogP contribution in [-0.2, 0) is 4.74 Å². The first-order chi connectivity index (χ1) is 11.6. The Balaban J connectivity index is 0.00000225. The Labute approximate surface area is 169 Å². The van der Waals surface area contributed by atoms with Gasteiger partial charge < -0.3 is 15.4 Å². The van der Waals surface area contributed by atoms with E-state index in [1.54, 1.807) is 0 Å². The lowest BCUT2D eigenvalue weighted by Crippen LogP contribution is -2.64. The maximum atomic E-state index is 5.46. The van der Waals surface area contributed by atoms with Gasteiger partial charge in [0, 0.05) is 77.5 Å². The third-order valence-electron chi connectivity index (χ3n) is 5.68. The molecular weight excluding hydrogens is 431 g/mol. The number of piperazine rings is 3. The Hall–Kier alpha value is -0.160. The largest absolute Gasteiger partial charge is 0.379 e. The number of aliphatic imine (C=N–C) groups is 1. The minimum atomic E-state index is 0. The molecule has 0 saturated carbocycles. The standard InChI is InChI=1S/C17H34N6O.HI/c1-17(2,23-8-10-24-11-9-23)14-20-16(18-3)19-12-15-13-21-4-6-22(15)7-5-21;/h15H,4-14H2,1-3H3,(H2,18,19,20);1H. The Morgan fingerprint density at radius 2 is 1.76 bits per heavy atom. The van der Waals surface area contributed by atoms with Crippen molar-refractivity contribution in [3.63, 3.8) is 0 Å². The number of halogens is 1. The molecule has 4 heterocycles. The number of fused-ring (bicyclic) bond motifs is 3. The zero-order valence-electron chi connectivity index (χ0n) is 16.0. The molecule has 0 radical (unpaired) electrons. The molecule has 4 rings (SSSR count). The van der Waals surface area contributed by atoms with Gasteiger partial charge in [-0.25, -0.2) is 0 Å². The first-order valence-corrected chi connectivity index (χ1v) is 9.32. The monoisotopic (exact) mass is 466 g/mol. The first-order valence-electron chi connectivity index (χ1n) is 9.32. The van der Waals surface area contributed by atoms with Crippen LogP contribution in [0.4, 0.5) is 0 Å². The molecule has 146 valence electrons. The molecule has 8 heteroatoms. The fourth-order valence-corrected chi connectivity index (χ4v) is 3.93. The predicted octanol–water partition coefficient (Wildman–Crippen LogP) is -0.120. The van der Waals surface area contributed by atoms with Gasteiger partial charge in [-0.3, -0.25) is 19.7 Å². The van der Waals surface area contributed by atoms with Gasteiger partial charge in [-0.15, -0.1) is 24.0 Å². The van der Waals surface area contributed by atoms with Crippen LogP contribution in [-0.4, -0.2) is 111 Å². The second kappa shape index (κ2) is 9.68. The molecular formula is C17H35IN6O. The molecule has 4 aliphatic rings. The maximum Gasteiger partial charge on any atom is 0.191 e. The Morgan fingerprint density at radius 3 is 2.32 bits per heavy atom. The number of hydrogen-bond donors (Lipinski definition) is 2. The van der Waals surface area contributed by atoms with Crippen LogP contribution in [0.1, 0.15) is 13.8 Å². The van der Waals surface area contributed by atoms with Gasteiger partial charge in [0.2, 0.25) is 0 Å². The number of ether oxygens (including phenoxy) is 1. The molecule has 4 aliphatic heterocycles. The lowest BCUT2D eigenvalue weighted by Gasteiger charge is -2.47. The average molecular weight is 466 g/mol. The molecule has 2 N–H and O–H groups in total. The fourth-order valence-electron chi connectivity index (χ4n) is 3.93. The Morgan fingerprint density at radius 1 is 1.08 bits per heavy atom. The van der Waals surface area contributed by atoms with Crippen molar-refractivity contribution in [3.8, 4) is 0 Å². The highest BCUT2D eigenvalue weighted by Crippen LogP contribution is 2.16. The van der Waals surface area contributed by atoms with E-state index in [4.69, 9.17) is 4.74 Å². The van der Waals surface area contributed by atoms with Gasteiger partial charge in [-0.1, -0.05) is 0 Å². The average Bonchev–Trinajstić information content (AvgIpc) is 2.63. The van der Waals surface area contributed by atoms with Gasteiger partial charge in [-0.2, -0.15) is 0 Å². The summed E-state index contributed by atoms with van der Waals surface area (Å²) in [4.78, 5) is 12.1. The lowest BCUT2D eigenvalue weighted by atomic mass is 10.0. The van der Waals surface area contributed by atoms with Gasteiger partial charge in [0.1, 0.15) is 0 Å². The van der Waals surface area contributed by atoms with Crippen molar-refractivity contribution in [3.05, 3.63) is 0 Å². The molecule has 0 aromatic rings. The van der Waals surface area contributed by atoms with Crippen molar-refractivity contribution in [2.45, 2.75) is 25.4 Å². The van der Waals surface area contributed by atoms with E-state index in [0.29, 0.717) is 6.04 Å². The molecule has 0 aromatic heterocycles. The third kappa shape index (κ3) is 5.66. The molecule has 1 unspecified atom stereocenters. The second-order valence-corrected chi connectivity index (χ2v) is 7.71. The molecule has 4 fully saturated rings. The van der Waals surface area contributed by atoms with Crippen molar-refractivity contribution in [1.82, 2.24) is 25.3 Å². The highest BCUT2D eigenvalue weighted by Gasteiger charge is 2.32. The number of guanidine groups is 1. The summed E-state index contributed by atoms with van der Waals surface area (Å²) in [5.41, 5.74) is 0.0977. The number of hydrogen-bond acceptors (Lipinski definition) is 5. The smallest absolute Gasteiger partial charge is 0.191 e. The van der Waals surface area contributed by atoms with Gasteiger partial charge in [0.15, 0.2) is 5.96 Å². The van der Waals surface area contributed by atoms with Crippen molar-refractivity contribution < 1.29 is 4.74 Å². The van der Waals surface area contributed by atoms with Gasteiger partial charge >= 0.3 is 0 Å². The zero-order chi connectivity index (χ0) is 17.0. The van der Waals surface area contributed by atoms with E-state index in [9.17, 15) is 0 Å². The van der Waals surface area contributed by atoms with Gasteiger partial charge in [-0.05, 0) is 13.8 Å². The van der Waals surface area contributed by atoms with Crippen LogP contribution in [0.25, 0.3) is 0 Å². The van der Waals surface area contributed by atoms with E-state index in [1.165, 1.54) is 32.7 Å². The molecule has 7 nitrogen and oxygen atoms in total. The Bertz CT molecular complexity index is 433. The quantitative estimate of drug-likeness (QED) is 0.335. The molecule has 4 saturated heterocycles. The molecule has 0 aliphatic carbocycles. The highest BCUT2D eigenvalue weighted by atomic mass is 127. The summed E-state index contributed by atoms with van der Waals surface area (Å²) in [6.07, 6.45) is 0. The number of nitrogens with zero attached hydrogens (tertiary/aromatic N) is 4. The topological polar surface area (TPSA) is 55.4 Å². The van der Waals surface area contributed by atoms with Crippen LogP contribution in [0.2, 0.25) is 0 Å². The molecule has 2 bridgehead atoms. The van der Waals surface area contributed by atoms with Crippen molar-refractivity contribution in [2.75, 3.05) is 79.2 Å². The summed E-state index contributed by atoms with van der Waals surface area (Å²) in [7, 11) is 1.86. The van der Waals surface area contributed by atoms with E-state index < -0.39 is 0 Å². The summed E-state index contributed by atoms with van der Waals surface area (Å²) >= 11 is 0. The summed E-state index contributed by atoms with van der Waals surface area (Å²) in [6, 6.07) is 0.610. The summed E-state index contributed by atoms with van der Waals surface area (Å²) in [5, 5.41) is 7.04. The SMILES string of the molecule is CN=C(NCC1CN2CCN1CC2)NCC(C)(C)N1CCOCC1.I. The van der Waals surface area contributed by atoms with E-state index in [1.807, 2.05) is 7.05 Å². The molecule has 0 aromatic carbocycles. The summed E-state index contributed by atoms with van der Waals surface area (Å²) < 4.78 is 5.46. The van der Waals surface area contributed by atoms with Crippen LogP contribution < -0.4 is 10.6 Å². The van der Waals surface area contributed by atoms with E-state index >= 15 is 0 Å². The van der Waals surface area contributed by atoms with Crippen LogP contribution in [0.15, 0.2) is 4.99 Å². The van der Waals surface area contributed by atoms with Gasteiger partial charge in [0.05, 0.1) is 13.2 Å². The first kappa shape index (κ1) is 21.1. The number of nitrogens with one attached hydrogen (secondary N) is 2. The molecule has 0 spiro atoms. The van der Waals surface area contributed by atoms with Crippen molar-refractivity contribution in [1.29, 1.82) is 0 Å². The van der Waals surface area contributed by atoms with Gasteiger partial charge in [0.25, 0.3) is 0 Å². The van der Waals surface area contributed by atoms with Crippen LogP contribution >= 0.6 is 24.0 Å². The summed E-state index contributed by atoms with van der Waals surface area (Å²) in [5.74, 6) is 0.911. The molecule has 1 atom stereocenters. The van der Waals surface area contributed by atoms with Crippen LogP contribution in [0.3, 0.4) is 0 Å². The summed E-state index contributed by atoms with van der Waals surface area (Å²) in [6.45, 7) is 16.2. The third-order valence-corrected chi connectivity index (χ3v) is 5.68. The zero-order valence-corrected chi connectivity index (χ0v) is 18.3. The van der Waals surface area contributed by atoms with E-state index in [0.717, 1.165) is 45.4 Å². The van der Waals surface area contributed by atoms with Crippen LogP contribution in [0, 0.1) is 0 Å². The number of rotatable bonds is 5. The number of morpholine rings is 1. The molecule has 0 amide bonds. The second-order valence-electron chi connectivity index (χ2n) is 7.71. The predicted molar refractivity (Wildman–Crippen MR) is 113 cm³/mol. The molecule has 25 heavy (non-hydrogen) atoms.